The molecule has 0 bridgehead atoms. The smallest absolute Gasteiger partial charge is 0.337 e. The largest absolute Gasteiger partial charge is 0.490 e. The molecule has 0 radical (unpaired) electrons. The first kappa shape index (κ1) is 11.3. The molecule has 1 N–H and O–H groups in total. The lowest BCUT2D eigenvalue weighted by Gasteiger charge is -2.13. The summed E-state index contributed by atoms with van der Waals surface area (Å²) in [7, 11) is 0. The van der Waals surface area contributed by atoms with E-state index >= 15 is 0 Å². The quantitative estimate of drug-likeness (QED) is 0.862. The van der Waals surface area contributed by atoms with E-state index in [9.17, 15) is 4.79 Å². The van der Waals surface area contributed by atoms with Crippen molar-refractivity contribution in [3.63, 3.8) is 0 Å². The maximum atomic E-state index is 11.1. The third-order valence-electron chi connectivity index (χ3n) is 2.44. The summed E-state index contributed by atoms with van der Waals surface area (Å²) >= 11 is 3.24. The van der Waals surface area contributed by atoms with E-state index in [4.69, 9.17) is 14.6 Å². The molecule has 1 aromatic rings. The van der Waals surface area contributed by atoms with Gasteiger partial charge in [0.25, 0.3) is 0 Å². The molecule has 86 valence electrons. The minimum Gasteiger partial charge on any atom is -0.490 e. The zero-order valence-electron chi connectivity index (χ0n) is 8.75. The van der Waals surface area contributed by atoms with Gasteiger partial charge >= 0.3 is 5.97 Å². The maximum absolute atomic E-state index is 11.1. The van der Waals surface area contributed by atoms with Crippen LogP contribution in [0.15, 0.2) is 10.5 Å². The number of ether oxygens (including phenoxy) is 2. The summed E-state index contributed by atoms with van der Waals surface area (Å²) in [4.78, 5) is 11.1. The predicted octanol–water partition coefficient (Wildman–Crippen LogP) is 2.62. The Labute approximate surface area is 101 Å². The van der Waals surface area contributed by atoms with Gasteiger partial charge in [0.15, 0.2) is 11.5 Å². The molecule has 16 heavy (non-hydrogen) atoms. The molecule has 0 saturated heterocycles. The Bertz CT molecular complexity index is 442. The Hall–Kier alpha value is -1.23. The standard InChI is InChI=1S/C11H11BrO4/c1-6-9(11(13)14)7(12)5-8-10(6)16-4-2-3-15-8/h5H,2-4H2,1H3,(H,13,14). The fourth-order valence-corrected chi connectivity index (χ4v) is 2.37. The van der Waals surface area contributed by atoms with Crippen LogP contribution in [0.25, 0.3) is 0 Å². The number of aromatic carboxylic acids is 1. The molecular formula is C11H11BrO4. The van der Waals surface area contributed by atoms with Gasteiger partial charge in [-0.2, -0.15) is 0 Å². The summed E-state index contributed by atoms with van der Waals surface area (Å²) < 4.78 is 11.5. The predicted molar refractivity (Wildman–Crippen MR) is 61.4 cm³/mol. The Kier molecular flexibility index (Phi) is 3.05. The van der Waals surface area contributed by atoms with Crippen molar-refractivity contribution in [1.29, 1.82) is 0 Å². The molecule has 5 heteroatoms. The van der Waals surface area contributed by atoms with Crippen LogP contribution in [0.5, 0.6) is 11.5 Å². The molecule has 0 aliphatic carbocycles. The Balaban J connectivity index is 2.60. The normalized spacial score (nSPS) is 14.4. The molecule has 1 aliphatic heterocycles. The van der Waals surface area contributed by atoms with E-state index < -0.39 is 5.97 Å². The molecule has 0 fully saturated rings. The van der Waals surface area contributed by atoms with Crippen LogP contribution < -0.4 is 9.47 Å². The van der Waals surface area contributed by atoms with Gasteiger partial charge in [-0.15, -0.1) is 0 Å². The highest BCUT2D eigenvalue weighted by Crippen LogP contribution is 2.39. The number of rotatable bonds is 1. The summed E-state index contributed by atoms with van der Waals surface area (Å²) in [5.41, 5.74) is 0.822. The van der Waals surface area contributed by atoms with Gasteiger partial charge < -0.3 is 14.6 Å². The fraction of sp³-hybridized carbons (Fsp3) is 0.364. The first-order chi connectivity index (χ1) is 7.61. The lowest BCUT2D eigenvalue weighted by Crippen LogP contribution is -2.04. The van der Waals surface area contributed by atoms with Gasteiger partial charge in [0.2, 0.25) is 0 Å². The second-order valence-electron chi connectivity index (χ2n) is 3.54. The molecule has 0 unspecified atom stereocenters. The second-order valence-corrected chi connectivity index (χ2v) is 4.40. The van der Waals surface area contributed by atoms with Crippen LogP contribution >= 0.6 is 15.9 Å². The fourth-order valence-electron chi connectivity index (χ4n) is 1.69. The van der Waals surface area contributed by atoms with Crippen LogP contribution in [0.4, 0.5) is 0 Å². The van der Waals surface area contributed by atoms with Crippen LogP contribution in [-0.4, -0.2) is 24.3 Å². The van der Waals surface area contributed by atoms with E-state index in [0.717, 1.165) is 6.42 Å². The van der Waals surface area contributed by atoms with Gasteiger partial charge in [-0.05, 0) is 28.9 Å². The minimum atomic E-state index is -0.972. The topological polar surface area (TPSA) is 55.8 Å². The first-order valence-corrected chi connectivity index (χ1v) is 5.72. The van der Waals surface area contributed by atoms with Crippen LogP contribution in [-0.2, 0) is 0 Å². The summed E-state index contributed by atoms with van der Waals surface area (Å²) in [6.07, 6.45) is 0.800. The van der Waals surface area contributed by atoms with E-state index in [1.165, 1.54) is 0 Å². The highest BCUT2D eigenvalue weighted by Gasteiger charge is 2.22. The Morgan fingerprint density at radius 1 is 1.44 bits per heavy atom. The monoisotopic (exact) mass is 286 g/mol. The highest BCUT2D eigenvalue weighted by atomic mass is 79.9. The maximum Gasteiger partial charge on any atom is 0.337 e. The third-order valence-corrected chi connectivity index (χ3v) is 3.07. The van der Waals surface area contributed by atoms with Crippen molar-refractivity contribution in [3.8, 4) is 11.5 Å². The molecule has 1 aliphatic rings. The van der Waals surface area contributed by atoms with Crippen molar-refractivity contribution >= 4 is 21.9 Å². The van der Waals surface area contributed by atoms with Gasteiger partial charge in [-0.25, -0.2) is 4.79 Å². The van der Waals surface area contributed by atoms with E-state index in [1.807, 2.05) is 0 Å². The molecule has 0 atom stereocenters. The molecule has 0 aromatic heterocycles. The molecule has 0 amide bonds. The molecule has 1 heterocycles. The van der Waals surface area contributed by atoms with Crippen LogP contribution in [0.3, 0.4) is 0 Å². The van der Waals surface area contributed by atoms with Crippen LogP contribution in [0.2, 0.25) is 0 Å². The van der Waals surface area contributed by atoms with Crippen molar-refractivity contribution in [2.45, 2.75) is 13.3 Å². The molecule has 1 aromatic carbocycles. The number of hydrogen-bond acceptors (Lipinski definition) is 3. The Morgan fingerprint density at radius 2 is 2.12 bits per heavy atom. The average molecular weight is 287 g/mol. The van der Waals surface area contributed by atoms with Crippen molar-refractivity contribution < 1.29 is 19.4 Å². The first-order valence-electron chi connectivity index (χ1n) is 4.93. The summed E-state index contributed by atoms with van der Waals surface area (Å²) in [6, 6.07) is 1.65. The number of carbonyl (C=O) groups is 1. The van der Waals surface area contributed by atoms with E-state index in [1.54, 1.807) is 13.0 Å². The second kappa shape index (κ2) is 4.33. The average Bonchev–Trinajstić information content (AvgIpc) is 2.42. The van der Waals surface area contributed by atoms with Gasteiger partial charge in [0, 0.05) is 16.5 Å². The number of fused-ring (bicyclic) bond motifs is 1. The number of hydrogen-bond donors (Lipinski definition) is 1. The summed E-state index contributed by atoms with van der Waals surface area (Å²) in [6.45, 7) is 2.86. The number of benzene rings is 1. The summed E-state index contributed by atoms with van der Waals surface area (Å²) in [5, 5.41) is 9.09. The molecule has 0 saturated carbocycles. The van der Waals surface area contributed by atoms with Gasteiger partial charge in [0.05, 0.1) is 18.8 Å². The number of halogens is 1. The molecule has 2 rings (SSSR count). The lowest BCUT2D eigenvalue weighted by molar-refractivity contribution is 0.0694. The van der Waals surface area contributed by atoms with E-state index in [0.29, 0.717) is 34.7 Å². The lowest BCUT2D eigenvalue weighted by atomic mass is 10.1. The van der Waals surface area contributed by atoms with Crippen LogP contribution in [0.1, 0.15) is 22.3 Å². The number of carboxylic acids is 1. The van der Waals surface area contributed by atoms with E-state index in [-0.39, 0.29) is 5.56 Å². The number of carboxylic acid groups (broad SMARTS) is 1. The van der Waals surface area contributed by atoms with Gasteiger partial charge in [-0.1, -0.05) is 0 Å². The van der Waals surface area contributed by atoms with Crippen molar-refractivity contribution in [1.82, 2.24) is 0 Å². The summed E-state index contributed by atoms with van der Waals surface area (Å²) in [5.74, 6) is 0.171. The zero-order chi connectivity index (χ0) is 11.7. The van der Waals surface area contributed by atoms with Crippen molar-refractivity contribution in [2.75, 3.05) is 13.2 Å². The Morgan fingerprint density at radius 3 is 2.81 bits per heavy atom. The minimum absolute atomic E-state index is 0.226. The SMILES string of the molecule is Cc1c2c(cc(Br)c1C(=O)O)OCCCO2. The van der Waals surface area contributed by atoms with Crippen LogP contribution in [0, 0.1) is 6.92 Å². The highest BCUT2D eigenvalue weighted by molar-refractivity contribution is 9.10. The molecule has 0 spiro atoms. The van der Waals surface area contributed by atoms with Crippen molar-refractivity contribution in [3.05, 3.63) is 21.7 Å². The van der Waals surface area contributed by atoms with E-state index in [2.05, 4.69) is 15.9 Å². The third kappa shape index (κ3) is 1.87. The van der Waals surface area contributed by atoms with Crippen molar-refractivity contribution in [2.24, 2.45) is 0 Å². The van der Waals surface area contributed by atoms with Gasteiger partial charge in [-0.3, -0.25) is 0 Å². The van der Waals surface area contributed by atoms with Gasteiger partial charge in [0.1, 0.15) is 0 Å². The zero-order valence-corrected chi connectivity index (χ0v) is 10.3. The molecule has 4 nitrogen and oxygen atoms in total. The molecular weight excluding hydrogens is 276 g/mol.